The van der Waals surface area contributed by atoms with Gasteiger partial charge in [-0.05, 0) is 13.3 Å². The standard InChI is InChI=1S/C21H31N7O6S/c1-8-15-14(9(2)29)19(32)28(15)16(20(33)34)17(8)35-11-3-12(24-4-11)18(31)27-6-10(7-27)26-13(30)5-25-21(22)23/h8-12,14-15,24,29H,3-7H2,1-2H3,(H,26,30)(H,33,34)(H4,22,23,25)/t8-,9-,11+,12+,14-,15-/m1/s1. The first-order valence-electron chi connectivity index (χ1n) is 11.5. The number of β-lactam (4-membered cyclic amide) rings is 1. The van der Waals surface area contributed by atoms with Crippen LogP contribution in [0.3, 0.4) is 0 Å². The molecule has 0 bridgehead atoms. The maximum Gasteiger partial charge on any atom is 0.353 e. The molecule has 6 atom stereocenters. The largest absolute Gasteiger partial charge is 0.477 e. The lowest BCUT2D eigenvalue weighted by Gasteiger charge is -2.46. The van der Waals surface area contributed by atoms with Crippen molar-refractivity contribution in [3.05, 3.63) is 10.6 Å². The third-order valence-electron chi connectivity index (χ3n) is 6.96. The number of likely N-dealkylation sites (tertiary alicyclic amines) is 1. The number of carbonyl (C=O) groups is 4. The summed E-state index contributed by atoms with van der Waals surface area (Å²) in [6.45, 7) is 4.58. The first kappa shape index (κ1) is 25.3. The highest BCUT2D eigenvalue weighted by atomic mass is 32.2. The lowest BCUT2D eigenvalue weighted by atomic mass is 9.79. The minimum Gasteiger partial charge on any atom is -0.477 e. The van der Waals surface area contributed by atoms with E-state index >= 15 is 0 Å². The van der Waals surface area contributed by atoms with E-state index in [0.29, 0.717) is 31.0 Å². The molecule has 4 rings (SSSR count). The molecular formula is C21H31N7O6S. The first-order valence-corrected chi connectivity index (χ1v) is 12.4. The van der Waals surface area contributed by atoms with Gasteiger partial charge in [-0.15, -0.1) is 11.8 Å². The second-order valence-electron chi connectivity index (χ2n) is 9.46. The highest BCUT2D eigenvalue weighted by Crippen LogP contribution is 2.51. The van der Waals surface area contributed by atoms with Crippen LogP contribution in [-0.4, -0.2) is 105 Å². The molecule has 0 aromatic carbocycles. The van der Waals surface area contributed by atoms with Crippen molar-refractivity contribution in [2.75, 3.05) is 26.2 Å². The second kappa shape index (κ2) is 9.66. The number of nitrogens with two attached hydrogens (primary N) is 2. The lowest BCUT2D eigenvalue weighted by molar-refractivity contribution is -0.163. The Bertz CT molecular complexity index is 991. The van der Waals surface area contributed by atoms with E-state index < -0.39 is 24.0 Å². The van der Waals surface area contributed by atoms with Crippen LogP contribution in [0.1, 0.15) is 20.3 Å². The number of fused-ring (bicyclic) bond motifs is 1. The van der Waals surface area contributed by atoms with E-state index in [9.17, 15) is 29.4 Å². The molecule has 0 aromatic heterocycles. The van der Waals surface area contributed by atoms with Gasteiger partial charge in [0, 0.05) is 35.7 Å². The molecule has 0 saturated carbocycles. The van der Waals surface area contributed by atoms with Crippen LogP contribution in [0, 0.1) is 11.8 Å². The zero-order valence-electron chi connectivity index (χ0n) is 19.5. The number of guanidine groups is 1. The molecule has 4 aliphatic rings. The summed E-state index contributed by atoms with van der Waals surface area (Å²) >= 11 is 1.40. The van der Waals surface area contributed by atoms with Crippen LogP contribution < -0.4 is 22.1 Å². The van der Waals surface area contributed by atoms with Crippen molar-refractivity contribution in [2.24, 2.45) is 28.3 Å². The fourth-order valence-corrected chi connectivity index (χ4v) is 6.72. The van der Waals surface area contributed by atoms with Crippen LogP contribution in [0.5, 0.6) is 0 Å². The minimum atomic E-state index is -1.16. The van der Waals surface area contributed by atoms with E-state index in [1.165, 1.54) is 16.7 Å². The number of thioether (sulfide) groups is 1. The van der Waals surface area contributed by atoms with E-state index in [4.69, 9.17) is 11.5 Å². The van der Waals surface area contributed by atoms with Crippen LogP contribution in [0.15, 0.2) is 15.6 Å². The zero-order chi connectivity index (χ0) is 25.6. The molecule has 0 aliphatic carbocycles. The van der Waals surface area contributed by atoms with Gasteiger partial charge in [0.2, 0.25) is 17.7 Å². The summed E-state index contributed by atoms with van der Waals surface area (Å²) in [5.74, 6) is -2.89. The quantitative estimate of drug-likeness (QED) is 0.113. The summed E-state index contributed by atoms with van der Waals surface area (Å²) < 4.78 is 0. The number of hydrogen-bond acceptors (Lipinski definition) is 8. The highest BCUT2D eigenvalue weighted by molar-refractivity contribution is 8.03. The number of aliphatic hydroxyl groups excluding tert-OH is 1. The predicted octanol–water partition coefficient (Wildman–Crippen LogP) is -2.80. The van der Waals surface area contributed by atoms with Gasteiger partial charge in [-0.3, -0.25) is 14.4 Å². The Balaban J connectivity index is 1.31. The SMILES string of the molecule is C[C@@H](O)[C@H]1C(=O)N2C(C(=O)O)=C(S[C@@H]3CN[C@H](C(=O)N4CC(NC(=O)CN=C(N)N)C4)C3)[C@H](C)[C@H]12. The summed E-state index contributed by atoms with van der Waals surface area (Å²) in [5, 5.41) is 25.7. The van der Waals surface area contributed by atoms with Crippen LogP contribution >= 0.6 is 11.8 Å². The Morgan fingerprint density at radius 1 is 1.31 bits per heavy atom. The van der Waals surface area contributed by atoms with Crippen molar-refractivity contribution in [1.82, 2.24) is 20.4 Å². The number of amides is 3. The number of aliphatic carboxylic acids is 1. The second-order valence-corrected chi connectivity index (χ2v) is 10.8. The number of carbonyl (C=O) groups excluding carboxylic acids is 3. The molecule has 0 aromatic rings. The molecule has 14 heteroatoms. The Morgan fingerprint density at radius 3 is 2.60 bits per heavy atom. The number of carboxylic acid groups (broad SMARTS) is 1. The number of nitrogens with zero attached hydrogens (tertiary/aromatic N) is 3. The molecule has 13 nitrogen and oxygen atoms in total. The van der Waals surface area contributed by atoms with E-state index in [-0.39, 0.29) is 59.2 Å². The van der Waals surface area contributed by atoms with Gasteiger partial charge < -0.3 is 42.1 Å². The number of nitrogens with one attached hydrogen (secondary N) is 2. The van der Waals surface area contributed by atoms with Crippen LogP contribution in [0.4, 0.5) is 0 Å². The first-order chi connectivity index (χ1) is 16.5. The fourth-order valence-electron chi connectivity index (χ4n) is 5.25. The van der Waals surface area contributed by atoms with Gasteiger partial charge in [0.25, 0.3) is 0 Å². The van der Waals surface area contributed by atoms with Crippen molar-refractivity contribution >= 4 is 41.4 Å². The Hall–Kier alpha value is -2.84. The minimum absolute atomic E-state index is 0.00812. The van der Waals surface area contributed by atoms with Gasteiger partial charge in [-0.2, -0.15) is 0 Å². The molecular weight excluding hydrogens is 478 g/mol. The normalized spacial score (nSPS) is 30.9. The van der Waals surface area contributed by atoms with Crippen molar-refractivity contribution in [1.29, 1.82) is 0 Å². The van der Waals surface area contributed by atoms with Crippen molar-refractivity contribution < 1.29 is 29.4 Å². The Kier molecular flexibility index (Phi) is 6.97. The highest BCUT2D eigenvalue weighted by Gasteiger charge is 2.60. The van der Waals surface area contributed by atoms with E-state index in [1.807, 2.05) is 6.92 Å². The molecule has 0 radical (unpaired) electrons. The molecule has 3 fully saturated rings. The summed E-state index contributed by atoms with van der Waals surface area (Å²) in [7, 11) is 0. The zero-order valence-corrected chi connectivity index (χ0v) is 20.3. The topological polar surface area (TPSA) is 204 Å². The molecule has 8 N–H and O–H groups in total. The maximum atomic E-state index is 12.9. The Labute approximate surface area is 206 Å². The van der Waals surface area contributed by atoms with Gasteiger partial charge in [-0.25, -0.2) is 9.79 Å². The number of aliphatic hydroxyl groups is 1. The molecule has 0 spiro atoms. The molecule has 0 unspecified atom stereocenters. The van der Waals surface area contributed by atoms with Crippen molar-refractivity contribution in [2.45, 2.75) is 49.7 Å². The average molecular weight is 510 g/mol. The van der Waals surface area contributed by atoms with Crippen LogP contribution in [0.2, 0.25) is 0 Å². The summed E-state index contributed by atoms with van der Waals surface area (Å²) in [5.41, 5.74) is 10.4. The molecule has 4 aliphatic heterocycles. The van der Waals surface area contributed by atoms with Gasteiger partial charge in [0.1, 0.15) is 12.2 Å². The Morgan fingerprint density at radius 2 is 2.00 bits per heavy atom. The number of rotatable bonds is 8. The number of hydrogen-bond donors (Lipinski definition) is 6. The average Bonchev–Trinajstić information content (AvgIpc) is 3.30. The van der Waals surface area contributed by atoms with E-state index in [2.05, 4.69) is 15.6 Å². The van der Waals surface area contributed by atoms with Gasteiger partial charge in [-0.1, -0.05) is 6.92 Å². The molecule has 192 valence electrons. The number of carboxylic acids is 1. The van der Waals surface area contributed by atoms with Crippen molar-refractivity contribution in [3.63, 3.8) is 0 Å². The van der Waals surface area contributed by atoms with Gasteiger partial charge >= 0.3 is 5.97 Å². The number of aliphatic imine (C=N–C) groups is 1. The van der Waals surface area contributed by atoms with Crippen molar-refractivity contribution in [3.8, 4) is 0 Å². The fraction of sp³-hybridized carbons (Fsp3) is 0.667. The summed E-state index contributed by atoms with van der Waals surface area (Å²) in [6, 6.07) is -0.915. The van der Waals surface area contributed by atoms with Crippen LogP contribution in [0.25, 0.3) is 0 Å². The smallest absolute Gasteiger partial charge is 0.353 e. The summed E-state index contributed by atoms with van der Waals surface area (Å²) in [6.07, 6.45) is -0.333. The predicted molar refractivity (Wildman–Crippen MR) is 127 cm³/mol. The van der Waals surface area contributed by atoms with E-state index in [1.54, 1.807) is 11.8 Å². The molecule has 4 heterocycles. The maximum absolute atomic E-state index is 12.9. The molecule has 35 heavy (non-hydrogen) atoms. The molecule has 3 amide bonds. The van der Waals surface area contributed by atoms with Gasteiger partial charge in [0.05, 0.1) is 30.1 Å². The van der Waals surface area contributed by atoms with Gasteiger partial charge in [0.15, 0.2) is 5.96 Å². The third-order valence-corrected chi connectivity index (χ3v) is 8.47. The lowest BCUT2D eigenvalue weighted by Crippen LogP contribution is -2.63. The summed E-state index contributed by atoms with van der Waals surface area (Å²) in [4.78, 5) is 56.4. The molecule has 3 saturated heterocycles. The third kappa shape index (κ3) is 4.69. The van der Waals surface area contributed by atoms with Crippen LogP contribution in [-0.2, 0) is 19.2 Å². The van der Waals surface area contributed by atoms with E-state index in [0.717, 1.165) is 0 Å². The monoisotopic (exact) mass is 509 g/mol.